The van der Waals surface area contributed by atoms with Crippen LogP contribution in [0.2, 0.25) is 34.2 Å². The second-order valence-electron chi connectivity index (χ2n) is 4.37. The maximum absolute atomic E-state index is 6.21. The van der Waals surface area contributed by atoms with E-state index in [1.165, 1.54) is 0 Å². The molecule has 1 aromatic rings. The fraction of sp³-hybridized carbons (Fsp3) is 0.455. The average Bonchev–Trinajstić information content (AvgIpc) is 2.18. The topological polar surface area (TPSA) is 9.23 Å². The Morgan fingerprint density at radius 2 is 1.65 bits per heavy atom. The van der Waals surface area contributed by atoms with Crippen LogP contribution in [0.3, 0.4) is 0 Å². The molecule has 0 spiro atoms. The average molecular weight is 332 g/mol. The summed E-state index contributed by atoms with van der Waals surface area (Å²) < 4.78 is 5.56. The number of rotatable bonds is 5. The van der Waals surface area contributed by atoms with Crippen LogP contribution in [0.4, 0.5) is 0 Å². The second kappa shape index (κ2) is 6.53. The van der Waals surface area contributed by atoms with Gasteiger partial charge in [-0.3, -0.25) is 0 Å². The van der Waals surface area contributed by atoms with Crippen molar-refractivity contribution in [3.05, 3.63) is 27.2 Å². The van der Waals surface area contributed by atoms with Crippen molar-refractivity contribution in [1.82, 2.24) is 0 Å². The lowest BCUT2D eigenvalue weighted by Gasteiger charge is -2.13. The lowest BCUT2D eigenvalue weighted by Crippen LogP contribution is -2.16. The lowest BCUT2D eigenvalue weighted by atomic mass is 10.3. The van der Waals surface area contributed by atoms with E-state index in [9.17, 15) is 0 Å². The molecular weight excluding hydrogens is 318 g/mol. The van der Waals surface area contributed by atoms with Crippen molar-refractivity contribution >= 4 is 53.3 Å². The van der Waals surface area contributed by atoms with Crippen molar-refractivity contribution in [2.45, 2.75) is 25.6 Å². The quantitative estimate of drug-likeness (QED) is 0.284. The van der Waals surface area contributed by atoms with E-state index in [1.54, 1.807) is 12.1 Å². The number of hydrogen-bond donors (Lipinski definition) is 0. The molecule has 0 atom stereocenters. The minimum Gasteiger partial charge on any atom is -0.492 e. The Kier molecular flexibility index (Phi) is 5.94. The normalized spacial score (nSPS) is 11.6. The molecule has 1 nitrogen and oxygen atoms in total. The van der Waals surface area contributed by atoms with Crippen LogP contribution in [-0.2, 0) is 0 Å². The molecule has 0 saturated carbocycles. The first kappa shape index (κ1) is 15.5. The van der Waals surface area contributed by atoms with E-state index >= 15 is 0 Å². The lowest BCUT2D eigenvalue weighted by molar-refractivity contribution is 0.317. The smallest absolute Gasteiger partial charge is 0.150 e. The molecule has 6 heteroatoms. The predicted molar refractivity (Wildman–Crippen MR) is 79.7 cm³/mol. The van der Waals surface area contributed by atoms with Crippen molar-refractivity contribution in [3.8, 4) is 5.75 Å². The highest BCUT2D eigenvalue weighted by Gasteiger charge is 2.16. The maximum atomic E-state index is 6.21. The second-order valence-corrected chi connectivity index (χ2v) is 12.6. The van der Waals surface area contributed by atoms with Gasteiger partial charge in [0.1, 0.15) is 5.75 Å². The third-order valence-electron chi connectivity index (χ3n) is 2.15. The Hall–Kier alpha value is 0.397. The van der Waals surface area contributed by atoms with E-state index in [4.69, 9.17) is 50.6 Å². The van der Waals surface area contributed by atoms with Crippen molar-refractivity contribution in [2.24, 2.45) is 0 Å². The van der Waals surface area contributed by atoms with E-state index < -0.39 is 7.38 Å². The van der Waals surface area contributed by atoms with Gasteiger partial charge in [0.2, 0.25) is 0 Å². The molecule has 0 aliphatic carbocycles. The van der Waals surface area contributed by atoms with Crippen molar-refractivity contribution in [3.63, 3.8) is 0 Å². The third kappa shape index (κ3) is 5.71. The van der Waals surface area contributed by atoms with Gasteiger partial charge in [0.15, 0.2) is 7.38 Å². The summed E-state index contributed by atoms with van der Waals surface area (Å²) in [5, 5.41) is 1.35. The zero-order valence-electron chi connectivity index (χ0n) is 9.70. The van der Waals surface area contributed by atoms with Gasteiger partial charge in [-0.25, -0.2) is 0 Å². The van der Waals surface area contributed by atoms with Gasteiger partial charge in [-0.2, -0.15) is 11.1 Å². The van der Waals surface area contributed by atoms with Crippen LogP contribution in [0.1, 0.15) is 6.42 Å². The third-order valence-corrected chi connectivity index (χ3v) is 5.27. The molecule has 0 unspecified atom stereocenters. The van der Waals surface area contributed by atoms with Crippen LogP contribution in [0.15, 0.2) is 12.1 Å². The van der Waals surface area contributed by atoms with Crippen LogP contribution in [0.5, 0.6) is 5.75 Å². The molecule has 0 fully saturated rings. The molecule has 0 radical (unpaired) electrons. The fourth-order valence-corrected chi connectivity index (χ4v) is 3.27. The molecule has 0 bridgehead atoms. The van der Waals surface area contributed by atoms with Crippen molar-refractivity contribution in [1.29, 1.82) is 0 Å². The minimum atomic E-state index is -1.52. The molecule has 1 rings (SSSR count). The summed E-state index contributed by atoms with van der Waals surface area (Å²) in [5.74, 6) is 0.565. The summed E-state index contributed by atoms with van der Waals surface area (Å²) in [6.45, 7) is 4.81. The van der Waals surface area contributed by atoms with Gasteiger partial charge in [-0.05, 0) is 18.5 Å². The van der Waals surface area contributed by atoms with E-state index in [1.807, 2.05) is 0 Å². The first-order chi connectivity index (χ1) is 7.79. The number of benzene rings is 1. The Morgan fingerprint density at radius 3 is 2.24 bits per heavy atom. The fourth-order valence-electron chi connectivity index (χ4n) is 1.29. The van der Waals surface area contributed by atoms with Crippen LogP contribution in [-0.4, -0.2) is 14.0 Å². The van der Waals surface area contributed by atoms with Crippen LogP contribution in [0, 0.1) is 0 Å². The van der Waals surface area contributed by atoms with Crippen LogP contribution < -0.4 is 4.74 Å². The zero-order valence-corrected chi connectivity index (χ0v) is 13.7. The molecule has 0 heterocycles. The highest BCUT2D eigenvalue weighted by molar-refractivity contribution is 7.19. The molecule has 1 aromatic carbocycles. The van der Waals surface area contributed by atoms with Crippen LogP contribution in [0.25, 0.3) is 0 Å². The number of hydrogen-bond acceptors (Lipinski definition) is 1. The number of halogens is 4. The zero-order chi connectivity index (χ0) is 13.1. The monoisotopic (exact) mass is 330 g/mol. The summed E-state index contributed by atoms with van der Waals surface area (Å²) in [6, 6.07) is 4.23. The maximum Gasteiger partial charge on any atom is 0.150 e. The van der Waals surface area contributed by atoms with Gasteiger partial charge in [0.05, 0.1) is 21.7 Å². The van der Waals surface area contributed by atoms with Gasteiger partial charge >= 0.3 is 0 Å². The van der Waals surface area contributed by atoms with Gasteiger partial charge < -0.3 is 4.74 Å². The molecule has 17 heavy (non-hydrogen) atoms. The Morgan fingerprint density at radius 1 is 1.06 bits per heavy atom. The van der Waals surface area contributed by atoms with E-state index in [0.717, 1.165) is 12.5 Å². The largest absolute Gasteiger partial charge is 0.492 e. The molecule has 0 N–H and O–H groups in total. The molecule has 96 valence electrons. The van der Waals surface area contributed by atoms with E-state index in [2.05, 4.69) is 13.1 Å². The summed E-state index contributed by atoms with van der Waals surface area (Å²) in [6.07, 6.45) is 0.916. The predicted octanol–water partition coefficient (Wildman–Crippen LogP) is 5.86. The SMILES string of the molecule is C[Si](C)(Cl)CCCOc1cc(Cl)c(Cl)cc1Cl. The summed E-state index contributed by atoms with van der Waals surface area (Å²) in [7, 11) is -1.52. The van der Waals surface area contributed by atoms with Gasteiger partial charge in [0.25, 0.3) is 0 Å². The molecule has 0 aromatic heterocycles. The molecule has 0 aliphatic heterocycles. The molecular formula is C11H14Cl4OSi. The molecule has 0 aliphatic rings. The van der Waals surface area contributed by atoms with Gasteiger partial charge in [0, 0.05) is 6.07 Å². The molecule has 0 amide bonds. The minimum absolute atomic E-state index is 0.429. The summed E-state index contributed by atoms with van der Waals surface area (Å²) in [4.78, 5) is 0. The Bertz CT molecular complexity index is 390. The standard InChI is InChI=1S/C11H14Cl4OSi/c1-17(2,15)5-3-4-16-11-7-9(13)8(12)6-10(11)14/h6-7H,3-5H2,1-2H3. The van der Waals surface area contributed by atoms with Gasteiger partial charge in [-0.15, -0.1) is 0 Å². The number of ether oxygens (including phenoxy) is 1. The highest BCUT2D eigenvalue weighted by atomic mass is 35.6. The summed E-state index contributed by atoms with van der Waals surface area (Å²) in [5.41, 5.74) is 0. The molecule has 0 saturated heterocycles. The van der Waals surface area contributed by atoms with E-state index in [0.29, 0.717) is 27.4 Å². The van der Waals surface area contributed by atoms with E-state index in [-0.39, 0.29) is 0 Å². The highest BCUT2D eigenvalue weighted by Crippen LogP contribution is 2.34. The summed E-state index contributed by atoms with van der Waals surface area (Å²) >= 11 is 23.9. The van der Waals surface area contributed by atoms with Crippen LogP contribution >= 0.6 is 45.9 Å². The van der Waals surface area contributed by atoms with Gasteiger partial charge in [-0.1, -0.05) is 47.9 Å². The van der Waals surface area contributed by atoms with Crippen molar-refractivity contribution < 1.29 is 4.74 Å². The Labute approximate surface area is 123 Å². The first-order valence-electron chi connectivity index (χ1n) is 5.26. The first-order valence-corrected chi connectivity index (χ1v) is 10.6. The Balaban J connectivity index is 2.50. The van der Waals surface area contributed by atoms with Crippen molar-refractivity contribution in [2.75, 3.05) is 6.61 Å².